The molecule has 2 aliphatic heterocycles. The Morgan fingerprint density at radius 2 is 1.45 bits per heavy atom. The molecule has 0 aromatic heterocycles. The fraction of sp³-hybridized carbons (Fsp3) is 1.00. The highest BCUT2D eigenvalue weighted by molar-refractivity contribution is 7.86. The summed E-state index contributed by atoms with van der Waals surface area (Å²) in [6.45, 7) is 2.49. The molecule has 6 nitrogen and oxygen atoms in total. The van der Waals surface area contributed by atoms with Gasteiger partial charge >= 0.3 is 0 Å². The standard InChI is InChI=1S/C13H27N3O3S/c1-14(2)13-5-9-16(10-6-13)20(18,19)15-7-3-12(11-17)4-8-15/h12-13,17H,3-11H2,1-2H3. The largest absolute Gasteiger partial charge is 0.396 e. The molecule has 0 aromatic carbocycles. The first-order valence-corrected chi connectivity index (χ1v) is 8.87. The van der Waals surface area contributed by atoms with E-state index in [1.165, 1.54) is 0 Å². The van der Waals surface area contributed by atoms with E-state index in [1.54, 1.807) is 8.61 Å². The number of aliphatic hydroxyl groups is 1. The molecule has 1 N–H and O–H groups in total. The average molecular weight is 305 g/mol. The molecule has 0 aliphatic carbocycles. The zero-order chi connectivity index (χ0) is 14.8. The lowest BCUT2D eigenvalue weighted by molar-refractivity contribution is 0.158. The summed E-state index contributed by atoms with van der Waals surface area (Å²) in [5.74, 6) is 0.265. The maximum atomic E-state index is 12.6. The van der Waals surface area contributed by atoms with Gasteiger partial charge in [0.2, 0.25) is 0 Å². The molecule has 2 heterocycles. The minimum atomic E-state index is -3.30. The van der Waals surface area contributed by atoms with Crippen LogP contribution in [0.1, 0.15) is 25.7 Å². The van der Waals surface area contributed by atoms with E-state index < -0.39 is 10.2 Å². The summed E-state index contributed by atoms with van der Waals surface area (Å²) in [4.78, 5) is 2.18. The smallest absolute Gasteiger partial charge is 0.281 e. The number of hydrogen-bond donors (Lipinski definition) is 1. The van der Waals surface area contributed by atoms with Crippen molar-refractivity contribution in [2.24, 2.45) is 5.92 Å². The minimum Gasteiger partial charge on any atom is -0.396 e. The van der Waals surface area contributed by atoms with E-state index in [2.05, 4.69) is 19.0 Å². The SMILES string of the molecule is CN(C)C1CCN(S(=O)(=O)N2CCC(CO)CC2)CC1. The van der Waals surface area contributed by atoms with Gasteiger partial charge in [0.15, 0.2) is 0 Å². The Hall–Kier alpha value is -0.210. The van der Waals surface area contributed by atoms with E-state index in [9.17, 15) is 8.42 Å². The molecule has 0 atom stereocenters. The summed E-state index contributed by atoms with van der Waals surface area (Å²) in [5, 5.41) is 9.13. The van der Waals surface area contributed by atoms with Gasteiger partial charge in [-0.1, -0.05) is 0 Å². The summed E-state index contributed by atoms with van der Waals surface area (Å²) in [7, 11) is 0.801. The highest BCUT2D eigenvalue weighted by Crippen LogP contribution is 2.24. The van der Waals surface area contributed by atoms with Crippen molar-refractivity contribution in [3.05, 3.63) is 0 Å². The maximum absolute atomic E-state index is 12.6. The highest BCUT2D eigenvalue weighted by Gasteiger charge is 2.35. The zero-order valence-corrected chi connectivity index (χ0v) is 13.3. The van der Waals surface area contributed by atoms with Gasteiger partial charge in [-0.15, -0.1) is 0 Å². The lowest BCUT2D eigenvalue weighted by atomic mass is 10.00. The molecule has 7 heteroatoms. The summed E-state index contributed by atoms with van der Waals surface area (Å²) >= 11 is 0. The molecule has 2 aliphatic rings. The number of hydrogen-bond acceptors (Lipinski definition) is 4. The van der Waals surface area contributed by atoms with Crippen LogP contribution in [0.2, 0.25) is 0 Å². The first kappa shape index (κ1) is 16.2. The van der Waals surface area contributed by atoms with Crippen LogP contribution in [0.5, 0.6) is 0 Å². The Labute approximate surface area is 122 Å². The van der Waals surface area contributed by atoms with Gasteiger partial charge < -0.3 is 10.0 Å². The molecular weight excluding hydrogens is 278 g/mol. The number of rotatable bonds is 4. The summed E-state index contributed by atoms with van der Waals surface area (Å²) in [5.41, 5.74) is 0. The van der Waals surface area contributed by atoms with Gasteiger partial charge in [0.05, 0.1) is 0 Å². The Bertz CT molecular complexity index is 397. The van der Waals surface area contributed by atoms with Gasteiger partial charge in [0.1, 0.15) is 0 Å². The molecule has 2 rings (SSSR count). The molecule has 0 saturated carbocycles. The third kappa shape index (κ3) is 3.51. The van der Waals surface area contributed by atoms with Crippen molar-refractivity contribution in [1.29, 1.82) is 0 Å². The van der Waals surface area contributed by atoms with E-state index >= 15 is 0 Å². The maximum Gasteiger partial charge on any atom is 0.281 e. The number of piperidine rings is 2. The summed E-state index contributed by atoms with van der Waals surface area (Å²) < 4.78 is 28.4. The van der Waals surface area contributed by atoms with E-state index in [1.807, 2.05) is 0 Å². The first-order chi connectivity index (χ1) is 9.45. The van der Waals surface area contributed by atoms with Crippen molar-refractivity contribution in [2.75, 3.05) is 46.9 Å². The lowest BCUT2D eigenvalue weighted by Gasteiger charge is -2.38. The van der Waals surface area contributed by atoms with Gasteiger partial charge in [-0.3, -0.25) is 0 Å². The van der Waals surface area contributed by atoms with Gasteiger partial charge in [-0.2, -0.15) is 17.0 Å². The van der Waals surface area contributed by atoms with Crippen LogP contribution in [0.3, 0.4) is 0 Å². The zero-order valence-electron chi connectivity index (χ0n) is 12.5. The van der Waals surface area contributed by atoms with Crippen molar-refractivity contribution >= 4 is 10.2 Å². The normalized spacial score (nSPS) is 25.4. The van der Waals surface area contributed by atoms with Crippen molar-refractivity contribution < 1.29 is 13.5 Å². The second kappa shape index (κ2) is 6.70. The van der Waals surface area contributed by atoms with Crippen molar-refractivity contribution in [3.8, 4) is 0 Å². The van der Waals surface area contributed by atoms with E-state index in [-0.39, 0.29) is 12.5 Å². The Kier molecular flexibility index (Phi) is 5.42. The topological polar surface area (TPSA) is 64.1 Å². The van der Waals surface area contributed by atoms with Crippen LogP contribution in [0.25, 0.3) is 0 Å². The minimum absolute atomic E-state index is 0.169. The number of nitrogens with zero attached hydrogens (tertiary/aromatic N) is 3. The lowest BCUT2D eigenvalue weighted by Crippen LogP contribution is -2.51. The van der Waals surface area contributed by atoms with Crippen LogP contribution in [-0.2, 0) is 10.2 Å². The number of aliphatic hydroxyl groups excluding tert-OH is 1. The molecule has 0 unspecified atom stereocenters. The van der Waals surface area contributed by atoms with Crippen LogP contribution in [0.4, 0.5) is 0 Å². The average Bonchev–Trinajstić information content (AvgIpc) is 2.47. The molecule has 0 amide bonds. The molecular formula is C13H27N3O3S. The second-order valence-electron chi connectivity index (χ2n) is 6.13. The third-order valence-corrected chi connectivity index (χ3v) is 6.67. The Balaban J connectivity index is 1.91. The predicted molar refractivity (Wildman–Crippen MR) is 78.6 cm³/mol. The fourth-order valence-corrected chi connectivity index (χ4v) is 4.75. The van der Waals surface area contributed by atoms with E-state index in [4.69, 9.17) is 5.11 Å². The molecule has 0 aromatic rings. The molecule has 0 radical (unpaired) electrons. The van der Waals surface area contributed by atoms with Gasteiger partial charge in [-0.25, -0.2) is 0 Å². The van der Waals surface area contributed by atoms with Gasteiger partial charge in [-0.05, 0) is 45.7 Å². The van der Waals surface area contributed by atoms with Crippen LogP contribution in [0.15, 0.2) is 0 Å². The molecule has 2 saturated heterocycles. The Morgan fingerprint density at radius 1 is 1.00 bits per heavy atom. The van der Waals surface area contributed by atoms with Crippen molar-refractivity contribution in [3.63, 3.8) is 0 Å². The van der Waals surface area contributed by atoms with Crippen molar-refractivity contribution in [1.82, 2.24) is 13.5 Å². The van der Waals surface area contributed by atoms with Crippen LogP contribution >= 0.6 is 0 Å². The van der Waals surface area contributed by atoms with E-state index in [0.717, 1.165) is 25.7 Å². The Morgan fingerprint density at radius 3 is 1.85 bits per heavy atom. The van der Waals surface area contributed by atoms with Crippen LogP contribution in [0, 0.1) is 5.92 Å². The molecule has 2 fully saturated rings. The summed E-state index contributed by atoms with van der Waals surface area (Å²) in [6.07, 6.45) is 3.34. The highest BCUT2D eigenvalue weighted by atomic mass is 32.2. The predicted octanol–water partition coefficient (Wildman–Crippen LogP) is -0.0385. The molecule has 20 heavy (non-hydrogen) atoms. The first-order valence-electron chi connectivity index (χ1n) is 7.47. The summed E-state index contributed by atoms with van der Waals surface area (Å²) in [6, 6.07) is 0.488. The fourth-order valence-electron chi connectivity index (χ4n) is 3.08. The third-order valence-electron chi connectivity index (χ3n) is 4.64. The van der Waals surface area contributed by atoms with E-state index in [0.29, 0.717) is 32.2 Å². The second-order valence-corrected chi connectivity index (χ2v) is 8.06. The van der Waals surface area contributed by atoms with Gasteiger partial charge in [0, 0.05) is 38.8 Å². The van der Waals surface area contributed by atoms with Gasteiger partial charge in [0.25, 0.3) is 10.2 Å². The quantitative estimate of drug-likeness (QED) is 0.792. The van der Waals surface area contributed by atoms with Crippen LogP contribution in [-0.4, -0.2) is 80.0 Å². The molecule has 118 valence electrons. The molecule has 0 spiro atoms. The molecule has 0 bridgehead atoms. The monoisotopic (exact) mass is 305 g/mol. The van der Waals surface area contributed by atoms with Crippen molar-refractivity contribution in [2.45, 2.75) is 31.7 Å². The van der Waals surface area contributed by atoms with Crippen LogP contribution < -0.4 is 0 Å².